The Bertz CT molecular complexity index is 413. The Balaban J connectivity index is 3.12. The maximum atomic E-state index is 11.9. The largest absolute Gasteiger partial charge is 0.432 e. The third kappa shape index (κ3) is 3.99. The van der Waals surface area contributed by atoms with Crippen molar-refractivity contribution in [2.75, 3.05) is 6.61 Å². The van der Waals surface area contributed by atoms with Gasteiger partial charge in [0.15, 0.2) is 6.29 Å². The van der Waals surface area contributed by atoms with Crippen molar-refractivity contribution in [3.63, 3.8) is 0 Å². The Morgan fingerprint density at radius 2 is 1.81 bits per heavy atom. The van der Waals surface area contributed by atoms with E-state index in [1.54, 1.807) is 6.92 Å². The second-order valence-electron chi connectivity index (χ2n) is 4.72. The van der Waals surface area contributed by atoms with Gasteiger partial charge in [-0.1, -0.05) is 6.92 Å². The van der Waals surface area contributed by atoms with Gasteiger partial charge >= 0.3 is 7.75 Å². The van der Waals surface area contributed by atoms with E-state index in [0.717, 1.165) is 0 Å². The van der Waals surface area contributed by atoms with E-state index >= 15 is 0 Å². The monoisotopic (exact) mass is 329 g/mol. The fourth-order valence-electron chi connectivity index (χ4n) is 2.16. The van der Waals surface area contributed by atoms with Crippen LogP contribution in [0.3, 0.4) is 0 Å². The Hall–Kier alpha value is -0.580. The van der Waals surface area contributed by atoms with Crippen molar-refractivity contribution in [2.24, 2.45) is 0 Å². The average molecular weight is 329 g/mol. The summed E-state index contributed by atoms with van der Waals surface area (Å²) >= 11 is 0. The van der Waals surface area contributed by atoms with Gasteiger partial charge < -0.3 is 34.9 Å². The van der Waals surface area contributed by atoms with Gasteiger partial charge in [0.25, 0.3) is 0 Å². The minimum Gasteiger partial charge on any atom is -0.394 e. The molecule has 11 heteroatoms. The number of aliphatic hydroxyl groups excluding tert-OH is 4. The smallest absolute Gasteiger partial charge is 0.394 e. The van der Waals surface area contributed by atoms with Crippen molar-refractivity contribution in [1.29, 1.82) is 0 Å². The Kier molecular flexibility index (Phi) is 6.26. The van der Waals surface area contributed by atoms with Crippen LogP contribution in [0.25, 0.3) is 0 Å². The normalized spacial score (nSPS) is 33.8. The van der Waals surface area contributed by atoms with Crippen LogP contribution in [0.2, 0.25) is 0 Å². The molecule has 10 nitrogen and oxygen atoms in total. The van der Waals surface area contributed by atoms with E-state index in [1.807, 2.05) is 0 Å². The van der Waals surface area contributed by atoms with Gasteiger partial charge in [0.1, 0.15) is 24.4 Å². The zero-order valence-electron chi connectivity index (χ0n) is 11.3. The predicted molar refractivity (Wildman–Crippen MR) is 67.6 cm³/mol. The van der Waals surface area contributed by atoms with Gasteiger partial charge in [0.05, 0.1) is 6.61 Å². The lowest BCUT2D eigenvalue weighted by molar-refractivity contribution is -0.264. The summed E-state index contributed by atoms with van der Waals surface area (Å²) in [5.74, 6) is -0.993. The van der Waals surface area contributed by atoms with Crippen LogP contribution >= 0.6 is 7.75 Å². The highest BCUT2D eigenvalue weighted by Gasteiger charge is 2.51. The van der Waals surface area contributed by atoms with E-state index in [1.165, 1.54) is 0 Å². The molecule has 0 aromatic rings. The Morgan fingerprint density at radius 1 is 1.24 bits per heavy atom. The first-order valence-electron chi connectivity index (χ1n) is 6.33. The molecule has 1 rings (SSSR count). The number of carbonyl (C=O) groups is 1. The number of hydrogen-bond donors (Lipinski definition) is 6. The fourth-order valence-corrected chi connectivity index (χ4v) is 3.15. The van der Waals surface area contributed by atoms with Crippen molar-refractivity contribution < 1.29 is 44.3 Å². The molecule has 5 atom stereocenters. The summed E-state index contributed by atoms with van der Waals surface area (Å²) in [6.45, 7) is 0.886. The van der Waals surface area contributed by atoms with Crippen LogP contribution in [0.1, 0.15) is 19.8 Å². The van der Waals surface area contributed by atoms with Crippen molar-refractivity contribution in [2.45, 2.75) is 50.4 Å². The molecule has 1 unspecified atom stereocenters. The van der Waals surface area contributed by atoms with Crippen molar-refractivity contribution in [3.05, 3.63) is 0 Å². The van der Waals surface area contributed by atoms with Gasteiger partial charge in [-0.05, 0) is 6.42 Å². The molecular formula is C10H20NO9P. The number of aliphatic hydroxyl groups is 4. The SMILES string of the molecule is CCCC(=O)N([C@H]1C(O)O[C@H](CO)[C@@H](O)[C@@H]1O)P(=O)(O)O. The summed E-state index contributed by atoms with van der Waals surface area (Å²) < 4.78 is 16.3. The molecule has 0 radical (unpaired) electrons. The van der Waals surface area contributed by atoms with Crippen molar-refractivity contribution in [3.8, 4) is 0 Å². The molecule has 1 amide bonds. The molecule has 1 aliphatic rings. The highest BCUT2D eigenvalue weighted by atomic mass is 31.2. The fraction of sp³-hybridized carbons (Fsp3) is 0.900. The lowest BCUT2D eigenvalue weighted by atomic mass is 9.97. The zero-order valence-corrected chi connectivity index (χ0v) is 12.2. The van der Waals surface area contributed by atoms with E-state index in [2.05, 4.69) is 0 Å². The van der Waals surface area contributed by atoms with Crippen LogP contribution in [0.15, 0.2) is 0 Å². The van der Waals surface area contributed by atoms with Gasteiger partial charge in [0.2, 0.25) is 5.91 Å². The summed E-state index contributed by atoms with van der Waals surface area (Å²) in [4.78, 5) is 30.4. The van der Waals surface area contributed by atoms with Gasteiger partial charge in [0, 0.05) is 6.42 Å². The van der Waals surface area contributed by atoms with Crippen LogP contribution in [-0.4, -0.2) is 78.0 Å². The third-order valence-electron chi connectivity index (χ3n) is 3.15. The van der Waals surface area contributed by atoms with Gasteiger partial charge in [-0.3, -0.25) is 4.79 Å². The number of rotatable bonds is 5. The van der Waals surface area contributed by atoms with Gasteiger partial charge in [-0.15, -0.1) is 0 Å². The Labute approximate surface area is 120 Å². The molecule has 6 N–H and O–H groups in total. The molecule has 21 heavy (non-hydrogen) atoms. The second-order valence-corrected chi connectivity index (χ2v) is 6.18. The zero-order chi connectivity index (χ0) is 16.4. The van der Waals surface area contributed by atoms with E-state index in [4.69, 9.17) is 9.84 Å². The van der Waals surface area contributed by atoms with Gasteiger partial charge in [-0.2, -0.15) is 0 Å². The van der Waals surface area contributed by atoms with Gasteiger partial charge in [-0.25, -0.2) is 9.24 Å². The molecule has 0 aromatic heterocycles. The third-order valence-corrected chi connectivity index (χ3v) is 4.20. The van der Waals surface area contributed by atoms with Crippen LogP contribution < -0.4 is 0 Å². The summed E-state index contributed by atoms with van der Waals surface area (Å²) in [6, 6.07) is -1.84. The number of nitrogens with zero attached hydrogens (tertiary/aromatic N) is 1. The Morgan fingerprint density at radius 3 is 2.24 bits per heavy atom. The number of hydrogen-bond acceptors (Lipinski definition) is 7. The first-order valence-corrected chi connectivity index (χ1v) is 7.90. The van der Waals surface area contributed by atoms with E-state index in [0.29, 0.717) is 0 Å². The van der Waals surface area contributed by atoms with E-state index in [9.17, 15) is 34.5 Å². The topological polar surface area (TPSA) is 168 Å². The maximum Gasteiger partial charge on any atom is 0.432 e. The molecule has 0 saturated carbocycles. The summed E-state index contributed by atoms with van der Waals surface area (Å²) in [7, 11) is -5.15. The minimum absolute atomic E-state index is 0.0304. The maximum absolute atomic E-state index is 11.9. The van der Waals surface area contributed by atoms with Crippen LogP contribution in [0, 0.1) is 0 Å². The van der Waals surface area contributed by atoms with Crippen LogP contribution in [-0.2, 0) is 14.1 Å². The van der Waals surface area contributed by atoms with E-state index in [-0.39, 0.29) is 17.5 Å². The van der Waals surface area contributed by atoms with Crippen LogP contribution in [0.4, 0.5) is 0 Å². The number of amides is 1. The minimum atomic E-state index is -5.15. The lowest BCUT2D eigenvalue weighted by Crippen LogP contribution is -2.64. The molecule has 1 heterocycles. The van der Waals surface area contributed by atoms with Crippen molar-refractivity contribution >= 4 is 13.7 Å². The average Bonchev–Trinajstić information content (AvgIpc) is 2.37. The molecule has 1 fully saturated rings. The predicted octanol–water partition coefficient (Wildman–Crippen LogP) is -2.49. The first-order chi connectivity index (χ1) is 9.65. The lowest BCUT2D eigenvalue weighted by Gasteiger charge is -2.44. The number of carbonyl (C=O) groups excluding carboxylic acids is 1. The summed E-state index contributed by atoms with van der Waals surface area (Å²) in [6.07, 6.45) is -6.83. The highest BCUT2D eigenvalue weighted by molar-refractivity contribution is 7.50. The molecule has 1 saturated heterocycles. The van der Waals surface area contributed by atoms with Crippen molar-refractivity contribution in [1.82, 2.24) is 4.67 Å². The molecule has 124 valence electrons. The molecular weight excluding hydrogens is 309 g/mol. The quantitative estimate of drug-likeness (QED) is 0.299. The molecule has 1 aliphatic heterocycles. The summed E-state index contributed by atoms with van der Waals surface area (Å²) in [5.41, 5.74) is 0. The second kappa shape index (κ2) is 7.12. The number of ether oxygens (including phenoxy) is 1. The highest BCUT2D eigenvalue weighted by Crippen LogP contribution is 2.45. The van der Waals surface area contributed by atoms with Crippen LogP contribution in [0.5, 0.6) is 0 Å². The molecule has 0 bridgehead atoms. The van der Waals surface area contributed by atoms with E-state index < -0.39 is 50.9 Å². The summed E-state index contributed by atoms with van der Waals surface area (Å²) in [5, 5.41) is 38.3. The first kappa shape index (κ1) is 18.5. The standard InChI is InChI=1S/C10H20NO9P/c1-2-3-6(13)11(21(17,18)19)7-9(15)8(14)5(4-12)20-10(7)16/h5,7-10,12,14-16H,2-4H2,1H3,(H2,17,18,19)/t5-,7-,8-,9-,10?/m1/s1. The molecule has 0 aromatic carbocycles. The molecule has 0 spiro atoms. The molecule has 0 aliphatic carbocycles.